The minimum atomic E-state index is -0.754. The minimum absolute atomic E-state index is 0.260. The maximum absolute atomic E-state index is 11.7. The lowest BCUT2D eigenvalue weighted by Gasteiger charge is -2.16. The zero-order valence-corrected chi connectivity index (χ0v) is 10.2. The molecule has 6 nitrogen and oxygen atoms in total. The van der Waals surface area contributed by atoms with Gasteiger partial charge in [0.25, 0.3) is 0 Å². The van der Waals surface area contributed by atoms with Crippen molar-refractivity contribution >= 4 is 12.0 Å². The lowest BCUT2D eigenvalue weighted by Crippen LogP contribution is -2.49. The Labute approximate surface area is 105 Å². The van der Waals surface area contributed by atoms with Gasteiger partial charge in [0.1, 0.15) is 6.04 Å². The van der Waals surface area contributed by atoms with Crippen LogP contribution in [0.25, 0.3) is 0 Å². The number of ether oxygens (including phenoxy) is 1. The number of hydrazine groups is 1. The molecule has 0 bridgehead atoms. The van der Waals surface area contributed by atoms with Gasteiger partial charge in [-0.1, -0.05) is 30.3 Å². The highest BCUT2D eigenvalue weighted by Gasteiger charge is 2.21. The molecule has 1 aromatic rings. The summed E-state index contributed by atoms with van der Waals surface area (Å²) in [6, 6.07) is 7.96. The third-order valence-corrected chi connectivity index (χ3v) is 2.29. The number of nitrogens with two attached hydrogens (primary N) is 1. The van der Waals surface area contributed by atoms with Gasteiger partial charge in [0.2, 0.25) is 0 Å². The number of esters is 1. The number of carbonyl (C=O) groups is 2. The Bertz CT molecular complexity index is 395. The van der Waals surface area contributed by atoms with Crippen molar-refractivity contribution in [1.29, 1.82) is 0 Å². The lowest BCUT2D eigenvalue weighted by atomic mass is 10.1. The standard InChI is InChI=1S/C12H17N3O3/c1-2-18-11(16)10(14-12(17)15-13)8-9-6-4-3-5-7-9/h3-7,10H,2,8,13H2,1H3,(H2,14,15,17). The molecule has 0 saturated carbocycles. The van der Waals surface area contributed by atoms with Gasteiger partial charge in [-0.05, 0) is 12.5 Å². The van der Waals surface area contributed by atoms with Crippen molar-refractivity contribution in [3.63, 3.8) is 0 Å². The molecular weight excluding hydrogens is 234 g/mol. The lowest BCUT2D eigenvalue weighted by molar-refractivity contribution is -0.145. The molecule has 0 spiro atoms. The first-order valence-electron chi connectivity index (χ1n) is 5.65. The van der Waals surface area contributed by atoms with Gasteiger partial charge in [0.15, 0.2) is 0 Å². The summed E-state index contributed by atoms with van der Waals surface area (Å²) in [6.07, 6.45) is 0.354. The van der Waals surface area contributed by atoms with Crippen molar-refractivity contribution in [2.45, 2.75) is 19.4 Å². The summed E-state index contributed by atoms with van der Waals surface area (Å²) in [5.74, 6) is 4.49. The van der Waals surface area contributed by atoms with Gasteiger partial charge in [0, 0.05) is 6.42 Å². The molecule has 98 valence electrons. The quantitative estimate of drug-likeness (QED) is 0.304. The SMILES string of the molecule is CCOC(=O)C(Cc1ccccc1)NC(=O)NN. The molecule has 1 unspecified atom stereocenters. The Kier molecular flexibility index (Phi) is 5.66. The Morgan fingerprint density at radius 1 is 1.33 bits per heavy atom. The third kappa shape index (κ3) is 4.42. The fraction of sp³-hybridized carbons (Fsp3) is 0.333. The number of hydrogen-bond acceptors (Lipinski definition) is 4. The second kappa shape index (κ2) is 7.29. The van der Waals surface area contributed by atoms with E-state index in [9.17, 15) is 9.59 Å². The zero-order valence-electron chi connectivity index (χ0n) is 10.2. The second-order valence-corrected chi connectivity index (χ2v) is 3.61. The van der Waals surface area contributed by atoms with Crippen LogP contribution in [0.3, 0.4) is 0 Å². The first kappa shape index (κ1) is 14.0. The Balaban J connectivity index is 2.71. The summed E-state index contributed by atoms with van der Waals surface area (Å²) in [4.78, 5) is 22.9. The molecule has 0 heterocycles. The van der Waals surface area contributed by atoms with Gasteiger partial charge in [-0.25, -0.2) is 15.4 Å². The summed E-state index contributed by atoms with van der Waals surface area (Å²) >= 11 is 0. The predicted octanol–water partition coefficient (Wildman–Crippen LogP) is 0.334. The Morgan fingerprint density at radius 3 is 2.56 bits per heavy atom. The summed E-state index contributed by atoms with van der Waals surface area (Å²) < 4.78 is 4.90. The molecule has 0 radical (unpaired) electrons. The van der Waals surface area contributed by atoms with Crippen LogP contribution in [0.1, 0.15) is 12.5 Å². The number of hydrogen-bond donors (Lipinski definition) is 3. The van der Waals surface area contributed by atoms with E-state index >= 15 is 0 Å². The highest BCUT2D eigenvalue weighted by Crippen LogP contribution is 2.04. The van der Waals surface area contributed by atoms with Crippen LogP contribution in [0.5, 0.6) is 0 Å². The highest BCUT2D eigenvalue weighted by molar-refractivity contribution is 5.83. The van der Waals surface area contributed by atoms with Crippen LogP contribution in [-0.2, 0) is 16.0 Å². The maximum Gasteiger partial charge on any atom is 0.329 e. The summed E-state index contributed by atoms with van der Waals surface area (Å²) in [6.45, 7) is 1.97. The number of rotatable bonds is 5. The second-order valence-electron chi connectivity index (χ2n) is 3.61. The van der Waals surface area contributed by atoms with Crippen LogP contribution in [-0.4, -0.2) is 24.6 Å². The van der Waals surface area contributed by atoms with E-state index in [1.54, 1.807) is 6.92 Å². The van der Waals surface area contributed by atoms with Crippen molar-refractivity contribution in [3.05, 3.63) is 35.9 Å². The average molecular weight is 251 g/mol. The van der Waals surface area contributed by atoms with Gasteiger partial charge >= 0.3 is 12.0 Å². The van der Waals surface area contributed by atoms with Crippen molar-refractivity contribution in [1.82, 2.24) is 10.7 Å². The molecule has 4 N–H and O–H groups in total. The summed E-state index contributed by atoms with van der Waals surface area (Å²) in [5.41, 5.74) is 2.84. The molecule has 1 atom stereocenters. The smallest absolute Gasteiger partial charge is 0.329 e. The Hall–Kier alpha value is -2.08. The molecule has 0 aliphatic carbocycles. The largest absolute Gasteiger partial charge is 0.464 e. The molecule has 0 fully saturated rings. The molecule has 1 rings (SSSR count). The maximum atomic E-state index is 11.7. The minimum Gasteiger partial charge on any atom is -0.464 e. The fourth-order valence-electron chi connectivity index (χ4n) is 1.49. The highest BCUT2D eigenvalue weighted by atomic mass is 16.5. The van der Waals surface area contributed by atoms with Crippen LogP contribution in [0, 0.1) is 0 Å². The number of urea groups is 1. The van der Waals surface area contributed by atoms with Gasteiger partial charge in [-0.2, -0.15) is 0 Å². The first-order chi connectivity index (χ1) is 8.67. The van der Waals surface area contributed by atoms with E-state index in [1.807, 2.05) is 35.8 Å². The number of carbonyl (C=O) groups excluding carboxylic acids is 2. The molecule has 0 aliphatic heterocycles. The van der Waals surface area contributed by atoms with Crippen LogP contribution >= 0.6 is 0 Å². The van der Waals surface area contributed by atoms with E-state index in [-0.39, 0.29) is 6.61 Å². The number of nitrogens with one attached hydrogen (secondary N) is 2. The van der Waals surface area contributed by atoms with E-state index in [0.717, 1.165) is 5.56 Å². The van der Waals surface area contributed by atoms with Gasteiger partial charge in [-0.15, -0.1) is 0 Å². The average Bonchev–Trinajstić information content (AvgIpc) is 2.39. The molecule has 18 heavy (non-hydrogen) atoms. The summed E-state index contributed by atoms with van der Waals surface area (Å²) in [7, 11) is 0. The van der Waals surface area contributed by atoms with Gasteiger partial charge < -0.3 is 10.1 Å². The zero-order chi connectivity index (χ0) is 13.4. The molecular formula is C12H17N3O3. The fourth-order valence-corrected chi connectivity index (χ4v) is 1.49. The molecule has 2 amide bonds. The van der Waals surface area contributed by atoms with E-state index in [2.05, 4.69) is 5.32 Å². The normalized spacial score (nSPS) is 11.4. The van der Waals surface area contributed by atoms with Crippen LogP contribution in [0.15, 0.2) is 30.3 Å². The topological polar surface area (TPSA) is 93.4 Å². The van der Waals surface area contributed by atoms with E-state index in [0.29, 0.717) is 6.42 Å². The molecule has 0 saturated heterocycles. The number of benzene rings is 1. The van der Waals surface area contributed by atoms with Crippen molar-refractivity contribution in [2.75, 3.05) is 6.61 Å². The van der Waals surface area contributed by atoms with E-state index in [1.165, 1.54) is 0 Å². The molecule has 0 aliphatic rings. The van der Waals surface area contributed by atoms with E-state index < -0.39 is 18.0 Å². The third-order valence-electron chi connectivity index (χ3n) is 2.29. The van der Waals surface area contributed by atoms with Crippen molar-refractivity contribution < 1.29 is 14.3 Å². The van der Waals surface area contributed by atoms with E-state index in [4.69, 9.17) is 10.6 Å². The number of amides is 2. The van der Waals surface area contributed by atoms with Crippen molar-refractivity contribution in [3.8, 4) is 0 Å². The Morgan fingerprint density at radius 2 is 2.00 bits per heavy atom. The van der Waals surface area contributed by atoms with Gasteiger partial charge in [0.05, 0.1) is 6.61 Å². The van der Waals surface area contributed by atoms with Crippen LogP contribution in [0.2, 0.25) is 0 Å². The first-order valence-corrected chi connectivity index (χ1v) is 5.65. The van der Waals surface area contributed by atoms with Gasteiger partial charge in [-0.3, -0.25) is 5.43 Å². The predicted molar refractivity (Wildman–Crippen MR) is 66.4 cm³/mol. The van der Waals surface area contributed by atoms with Crippen LogP contribution in [0.4, 0.5) is 4.79 Å². The monoisotopic (exact) mass is 251 g/mol. The molecule has 1 aromatic carbocycles. The van der Waals surface area contributed by atoms with Crippen LogP contribution < -0.4 is 16.6 Å². The summed E-state index contributed by atoms with van der Waals surface area (Å²) in [5, 5.41) is 2.45. The molecule has 0 aromatic heterocycles. The van der Waals surface area contributed by atoms with Crippen molar-refractivity contribution in [2.24, 2.45) is 5.84 Å². The molecule has 6 heteroatoms.